The van der Waals surface area contributed by atoms with Crippen molar-refractivity contribution in [2.24, 2.45) is 0 Å². The van der Waals surface area contributed by atoms with Gasteiger partial charge in [0.1, 0.15) is 19.9 Å². The average molecular weight is 267 g/mol. The Hall–Kier alpha value is -1.77. The number of esters is 1. The van der Waals surface area contributed by atoms with Gasteiger partial charge in [0.05, 0.1) is 25.2 Å². The van der Waals surface area contributed by atoms with Gasteiger partial charge in [0.15, 0.2) is 0 Å². The van der Waals surface area contributed by atoms with E-state index in [4.69, 9.17) is 0 Å². The van der Waals surface area contributed by atoms with Gasteiger partial charge in [-0.1, -0.05) is 0 Å². The zero-order chi connectivity index (χ0) is 13.6. The number of anilines is 1. The summed E-state index contributed by atoms with van der Waals surface area (Å²) in [6.07, 6.45) is -1.59. The van der Waals surface area contributed by atoms with Gasteiger partial charge in [-0.25, -0.2) is 4.68 Å². The normalized spacial score (nSPS) is 11.3. The highest BCUT2D eigenvalue weighted by Gasteiger charge is 2.27. The van der Waals surface area contributed by atoms with Crippen LogP contribution in [0.4, 0.5) is 18.9 Å². The molecule has 0 aliphatic heterocycles. The van der Waals surface area contributed by atoms with E-state index in [-0.39, 0.29) is 13.3 Å². The average Bonchev–Trinajstić information content (AvgIpc) is 2.72. The molecule has 0 aliphatic carbocycles. The van der Waals surface area contributed by atoms with Crippen LogP contribution in [-0.2, 0) is 21.0 Å². The summed E-state index contributed by atoms with van der Waals surface area (Å²) in [5.41, 5.74) is 0.482. The number of hydrogen-bond acceptors (Lipinski definition) is 5. The summed E-state index contributed by atoms with van der Waals surface area (Å²) in [5, 5.41) is 6.44. The maximum Gasteiger partial charge on any atom is 0.411 e. The molecule has 6 nitrogen and oxygen atoms in total. The molecule has 0 saturated carbocycles. The molecule has 1 aromatic heterocycles. The van der Waals surface area contributed by atoms with Crippen LogP contribution in [0.1, 0.15) is 0 Å². The molecular formula is C9H12F3N3O3. The van der Waals surface area contributed by atoms with Crippen molar-refractivity contribution >= 4 is 11.7 Å². The lowest BCUT2D eigenvalue weighted by molar-refractivity contribution is -0.182. The van der Waals surface area contributed by atoms with Crippen molar-refractivity contribution < 1.29 is 27.4 Å². The predicted octanol–water partition coefficient (Wildman–Crippen LogP) is 1.00. The van der Waals surface area contributed by atoms with Crippen LogP contribution in [0, 0.1) is 0 Å². The molecule has 102 valence electrons. The summed E-state index contributed by atoms with van der Waals surface area (Å²) >= 11 is 0. The molecule has 0 bridgehead atoms. The number of ether oxygens (including phenoxy) is 2. The van der Waals surface area contributed by atoms with Crippen LogP contribution in [0.25, 0.3) is 0 Å². The first-order valence-electron chi connectivity index (χ1n) is 4.88. The Morgan fingerprint density at radius 1 is 1.56 bits per heavy atom. The number of alkyl halides is 3. The van der Waals surface area contributed by atoms with E-state index >= 15 is 0 Å². The Labute approximate surface area is 101 Å². The first-order valence-corrected chi connectivity index (χ1v) is 4.88. The highest BCUT2D eigenvalue weighted by Crippen LogP contribution is 2.14. The van der Waals surface area contributed by atoms with E-state index in [1.165, 1.54) is 24.2 Å². The van der Waals surface area contributed by atoms with Crippen molar-refractivity contribution in [1.29, 1.82) is 0 Å². The molecule has 0 aromatic carbocycles. The molecule has 1 N–H and O–H groups in total. The van der Waals surface area contributed by atoms with E-state index in [2.05, 4.69) is 19.9 Å². The smallest absolute Gasteiger partial charge is 0.411 e. The molecule has 1 rings (SSSR count). The first-order chi connectivity index (χ1) is 8.40. The first kappa shape index (κ1) is 14.3. The fraction of sp³-hybridized carbons (Fsp3) is 0.556. The molecule has 0 radical (unpaired) electrons. The van der Waals surface area contributed by atoms with Gasteiger partial charge in [-0.15, -0.1) is 0 Å². The second kappa shape index (κ2) is 6.24. The predicted molar refractivity (Wildman–Crippen MR) is 54.7 cm³/mol. The molecule has 0 amide bonds. The Bertz CT molecular complexity index is 392. The summed E-state index contributed by atoms with van der Waals surface area (Å²) in [6, 6.07) is 0. The standard InChI is InChI=1S/C9H12F3N3O3/c1-17-8(16)3-13-7-2-14-15(4-7)6-18-5-9(10,11)12/h2,4,13H,3,5-6H2,1H3. The third-order valence-electron chi connectivity index (χ3n) is 1.79. The zero-order valence-corrected chi connectivity index (χ0v) is 9.53. The number of halogens is 3. The van der Waals surface area contributed by atoms with E-state index in [1.54, 1.807) is 0 Å². The van der Waals surface area contributed by atoms with Crippen LogP contribution in [0.15, 0.2) is 12.4 Å². The van der Waals surface area contributed by atoms with E-state index in [1.807, 2.05) is 0 Å². The molecule has 0 aliphatic rings. The molecule has 0 saturated heterocycles. The van der Waals surface area contributed by atoms with Crippen molar-refractivity contribution in [1.82, 2.24) is 9.78 Å². The van der Waals surface area contributed by atoms with Gasteiger partial charge in [-0.05, 0) is 0 Å². The van der Waals surface area contributed by atoms with Gasteiger partial charge >= 0.3 is 12.1 Å². The molecule has 1 aromatic rings. The Morgan fingerprint density at radius 2 is 2.28 bits per heavy atom. The van der Waals surface area contributed by atoms with Crippen molar-refractivity contribution in [2.45, 2.75) is 12.9 Å². The second-order valence-corrected chi connectivity index (χ2v) is 3.29. The van der Waals surface area contributed by atoms with Crippen LogP contribution in [0.2, 0.25) is 0 Å². The molecular weight excluding hydrogens is 255 g/mol. The number of hydrogen-bond donors (Lipinski definition) is 1. The van der Waals surface area contributed by atoms with Crippen LogP contribution >= 0.6 is 0 Å². The summed E-state index contributed by atoms with van der Waals surface area (Å²) in [6.45, 7) is -1.71. The van der Waals surface area contributed by atoms with Gasteiger partial charge in [0, 0.05) is 0 Å². The number of aromatic nitrogens is 2. The van der Waals surface area contributed by atoms with Gasteiger partial charge in [0.2, 0.25) is 0 Å². The fourth-order valence-electron chi connectivity index (χ4n) is 1.03. The highest BCUT2D eigenvalue weighted by atomic mass is 19.4. The lowest BCUT2D eigenvalue weighted by Gasteiger charge is -2.07. The van der Waals surface area contributed by atoms with Gasteiger partial charge in [-0.3, -0.25) is 4.79 Å². The quantitative estimate of drug-likeness (QED) is 0.779. The molecule has 9 heteroatoms. The molecule has 1 heterocycles. The van der Waals surface area contributed by atoms with Crippen molar-refractivity contribution in [3.05, 3.63) is 12.4 Å². The van der Waals surface area contributed by atoms with Crippen LogP contribution in [0.5, 0.6) is 0 Å². The third-order valence-corrected chi connectivity index (χ3v) is 1.79. The van der Waals surface area contributed by atoms with Crippen molar-refractivity contribution in [3.63, 3.8) is 0 Å². The molecule has 18 heavy (non-hydrogen) atoms. The maximum absolute atomic E-state index is 11.8. The lowest BCUT2D eigenvalue weighted by Crippen LogP contribution is -2.18. The Balaban J connectivity index is 2.32. The number of carbonyl (C=O) groups excluding carboxylic acids is 1. The van der Waals surface area contributed by atoms with Gasteiger partial charge in [-0.2, -0.15) is 18.3 Å². The largest absolute Gasteiger partial charge is 0.468 e. The Kier molecular flexibility index (Phi) is 4.95. The van der Waals surface area contributed by atoms with Crippen molar-refractivity contribution in [2.75, 3.05) is 25.6 Å². The van der Waals surface area contributed by atoms with Crippen LogP contribution in [-0.4, -0.2) is 42.2 Å². The van der Waals surface area contributed by atoms with Crippen molar-refractivity contribution in [3.8, 4) is 0 Å². The van der Waals surface area contributed by atoms with E-state index in [9.17, 15) is 18.0 Å². The fourth-order valence-corrected chi connectivity index (χ4v) is 1.03. The summed E-state index contributed by atoms with van der Waals surface area (Å²) in [5.74, 6) is -0.462. The zero-order valence-electron chi connectivity index (χ0n) is 9.53. The Morgan fingerprint density at radius 3 is 2.89 bits per heavy atom. The molecule has 0 unspecified atom stereocenters. The summed E-state index contributed by atoms with van der Waals surface area (Å²) in [7, 11) is 1.25. The summed E-state index contributed by atoms with van der Waals surface area (Å²) in [4.78, 5) is 10.8. The van der Waals surface area contributed by atoms with Gasteiger partial charge < -0.3 is 14.8 Å². The molecule has 0 fully saturated rings. The number of rotatable bonds is 6. The summed E-state index contributed by atoms with van der Waals surface area (Å²) < 4.78 is 45.4. The minimum Gasteiger partial charge on any atom is -0.468 e. The number of carbonyl (C=O) groups is 1. The number of nitrogens with zero attached hydrogens (tertiary/aromatic N) is 2. The third kappa shape index (κ3) is 5.53. The molecule has 0 atom stereocenters. The van der Waals surface area contributed by atoms with E-state index in [0.29, 0.717) is 5.69 Å². The van der Waals surface area contributed by atoms with E-state index in [0.717, 1.165) is 0 Å². The SMILES string of the molecule is COC(=O)CNc1cnn(COCC(F)(F)F)c1. The minimum atomic E-state index is -4.36. The maximum atomic E-state index is 11.8. The number of nitrogens with one attached hydrogen (secondary N) is 1. The second-order valence-electron chi connectivity index (χ2n) is 3.29. The van der Waals surface area contributed by atoms with Gasteiger partial charge in [0.25, 0.3) is 0 Å². The number of methoxy groups -OCH3 is 1. The molecule has 0 spiro atoms. The minimum absolute atomic E-state index is 0.0500. The highest BCUT2D eigenvalue weighted by molar-refractivity contribution is 5.74. The van der Waals surface area contributed by atoms with E-state index < -0.39 is 18.8 Å². The van der Waals surface area contributed by atoms with Crippen LogP contribution in [0.3, 0.4) is 0 Å². The topological polar surface area (TPSA) is 65.4 Å². The van der Waals surface area contributed by atoms with Crippen LogP contribution < -0.4 is 5.32 Å². The lowest BCUT2D eigenvalue weighted by atomic mass is 10.5. The monoisotopic (exact) mass is 267 g/mol.